The molecule has 0 aliphatic heterocycles. The number of Topliss-reactive ketones (excluding diaryl/α,β-unsaturated/α-hetero) is 1. The van der Waals surface area contributed by atoms with Gasteiger partial charge in [0.15, 0.2) is 5.78 Å². The van der Waals surface area contributed by atoms with E-state index < -0.39 is 54.0 Å². The first-order valence-electron chi connectivity index (χ1n) is 8.78. The van der Waals surface area contributed by atoms with Crippen molar-refractivity contribution in [3.63, 3.8) is 0 Å². The first kappa shape index (κ1) is 24.3. The molecule has 0 spiro atoms. The minimum atomic E-state index is -1.26. The number of esters is 1. The molecule has 158 valence electrons. The van der Waals surface area contributed by atoms with Gasteiger partial charge in [0, 0.05) is 0 Å². The lowest BCUT2D eigenvalue weighted by atomic mass is 10.0. The highest BCUT2D eigenvalue weighted by Crippen LogP contribution is 2.06. The molecule has 0 fully saturated rings. The number of amides is 2. The third kappa shape index (κ3) is 8.43. The molecular formula is C19H23BrN2O7. The molecule has 0 aliphatic rings. The number of halogens is 1. The van der Waals surface area contributed by atoms with Crippen LogP contribution in [0.2, 0.25) is 0 Å². The van der Waals surface area contributed by atoms with Gasteiger partial charge < -0.3 is 20.5 Å². The summed E-state index contributed by atoms with van der Waals surface area (Å²) in [7, 11) is 0. The summed E-state index contributed by atoms with van der Waals surface area (Å²) in [5.74, 6) is -5.28. The van der Waals surface area contributed by atoms with Gasteiger partial charge in [0.2, 0.25) is 5.91 Å². The van der Waals surface area contributed by atoms with Crippen LogP contribution in [-0.2, 0) is 35.3 Å². The maximum atomic E-state index is 12.5. The van der Waals surface area contributed by atoms with Gasteiger partial charge >= 0.3 is 17.8 Å². The van der Waals surface area contributed by atoms with Crippen LogP contribution in [0.25, 0.3) is 0 Å². The smallest absolute Gasteiger partial charge is 0.397 e. The van der Waals surface area contributed by atoms with E-state index in [2.05, 4.69) is 26.6 Å². The van der Waals surface area contributed by atoms with Crippen molar-refractivity contribution in [2.75, 3.05) is 5.33 Å². The summed E-state index contributed by atoms with van der Waals surface area (Å²) in [6.07, 6.45) is -0.603. The maximum absolute atomic E-state index is 12.5. The molecule has 0 bridgehead atoms. The number of nitrogens with one attached hydrogen (secondary N) is 2. The van der Waals surface area contributed by atoms with Crippen LogP contribution in [0.4, 0.5) is 0 Å². The second kappa shape index (κ2) is 11.9. The van der Waals surface area contributed by atoms with Crippen LogP contribution < -0.4 is 10.6 Å². The SMILES string of the molecule is CC(C)[C@H](NC(=O)C(=O)OCc1ccccc1)C(=O)NC(CC(=O)O)C(=O)CBr. The number of carboxylic acid groups (broad SMARTS) is 1. The van der Waals surface area contributed by atoms with Crippen LogP contribution in [0, 0.1) is 5.92 Å². The number of rotatable bonds is 10. The highest BCUT2D eigenvalue weighted by Gasteiger charge is 2.31. The number of hydrogen-bond donors (Lipinski definition) is 3. The van der Waals surface area contributed by atoms with E-state index in [1.807, 2.05) is 0 Å². The average molecular weight is 471 g/mol. The summed E-state index contributed by atoms with van der Waals surface area (Å²) in [6.45, 7) is 3.14. The Kier molecular flexibility index (Phi) is 10.0. The summed E-state index contributed by atoms with van der Waals surface area (Å²) in [4.78, 5) is 59.3. The maximum Gasteiger partial charge on any atom is 0.397 e. The molecule has 1 rings (SSSR count). The summed E-state index contributed by atoms with van der Waals surface area (Å²) in [5.41, 5.74) is 0.691. The zero-order valence-corrected chi connectivity index (χ0v) is 17.6. The molecule has 3 N–H and O–H groups in total. The molecule has 10 heteroatoms. The minimum absolute atomic E-state index is 0.105. The molecule has 0 aliphatic carbocycles. The lowest BCUT2D eigenvalue weighted by Gasteiger charge is -2.24. The van der Waals surface area contributed by atoms with Gasteiger partial charge in [-0.25, -0.2) is 4.79 Å². The molecule has 1 aromatic carbocycles. The fourth-order valence-corrected chi connectivity index (χ4v) is 2.69. The largest absolute Gasteiger partial charge is 0.481 e. The van der Waals surface area contributed by atoms with Gasteiger partial charge in [-0.2, -0.15) is 0 Å². The second-order valence-corrected chi connectivity index (χ2v) is 7.08. The summed E-state index contributed by atoms with van der Waals surface area (Å²) >= 11 is 2.93. The van der Waals surface area contributed by atoms with Crippen molar-refractivity contribution in [1.82, 2.24) is 10.6 Å². The van der Waals surface area contributed by atoms with E-state index in [-0.39, 0.29) is 11.9 Å². The molecule has 2 amide bonds. The number of ketones is 1. The lowest BCUT2D eigenvalue weighted by molar-refractivity contribution is -0.156. The zero-order valence-electron chi connectivity index (χ0n) is 16.0. The summed E-state index contributed by atoms with van der Waals surface area (Å²) in [5, 5.41) is 13.4. The second-order valence-electron chi connectivity index (χ2n) is 6.52. The third-order valence-electron chi connectivity index (χ3n) is 3.85. The van der Waals surface area contributed by atoms with Gasteiger partial charge in [-0.3, -0.25) is 19.2 Å². The Bertz CT molecular complexity index is 752. The van der Waals surface area contributed by atoms with Crippen molar-refractivity contribution in [3.05, 3.63) is 35.9 Å². The standard InChI is InChI=1S/C19H23BrN2O7/c1-11(2)16(17(26)21-13(8-15(24)25)14(23)9-20)22-18(27)19(28)29-10-12-6-4-3-5-7-12/h3-7,11,13,16H,8-10H2,1-2H3,(H,21,26)(H,22,27)(H,24,25)/t13?,16-/m0/s1. The van der Waals surface area contributed by atoms with Crippen LogP contribution in [0.15, 0.2) is 30.3 Å². The monoisotopic (exact) mass is 470 g/mol. The lowest BCUT2D eigenvalue weighted by Crippen LogP contribution is -2.55. The van der Waals surface area contributed by atoms with E-state index in [4.69, 9.17) is 9.84 Å². The Balaban J connectivity index is 2.73. The molecule has 9 nitrogen and oxygen atoms in total. The van der Waals surface area contributed by atoms with E-state index in [9.17, 15) is 24.0 Å². The van der Waals surface area contributed by atoms with Gasteiger partial charge in [-0.1, -0.05) is 60.1 Å². The van der Waals surface area contributed by atoms with Crippen molar-refractivity contribution in [3.8, 4) is 0 Å². The topological polar surface area (TPSA) is 139 Å². The van der Waals surface area contributed by atoms with Crippen LogP contribution in [0.1, 0.15) is 25.8 Å². The Hall–Kier alpha value is -2.75. The van der Waals surface area contributed by atoms with E-state index in [0.29, 0.717) is 5.56 Å². The Morgan fingerprint density at radius 2 is 1.69 bits per heavy atom. The Morgan fingerprint density at radius 3 is 2.21 bits per heavy atom. The molecule has 0 radical (unpaired) electrons. The normalized spacial score (nSPS) is 12.6. The van der Waals surface area contributed by atoms with Crippen molar-refractivity contribution >= 4 is 45.5 Å². The van der Waals surface area contributed by atoms with Crippen LogP contribution in [0.5, 0.6) is 0 Å². The van der Waals surface area contributed by atoms with E-state index in [1.54, 1.807) is 44.2 Å². The van der Waals surface area contributed by atoms with Crippen LogP contribution >= 0.6 is 15.9 Å². The number of aliphatic carboxylic acids is 1. The molecule has 0 saturated heterocycles. The number of ether oxygens (including phenoxy) is 1. The van der Waals surface area contributed by atoms with Gasteiger partial charge in [-0.15, -0.1) is 0 Å². The number of carbonyl (C=O) groups excluding carboxylic acids is 4. The number of hydrogen-bond acceptors (Lipinski definition) is 6. The van der Waals surface area contributed by atoms with Gasteiger partial charge in [0.25, 0.3) is 0 Å². The molecule has 0 aromatic heterocycles. The summed E-state index contributed by atoms with van der Waals surface area (Å²) in [6, 6.07) is 6.32. The third-order valence-corrected chi connectivity index (χ3v) is 4.40. The van der Waals surface area contributed by atoms with Crippen molar-refractivity contribution in [2.45, 2.75) is 39.0 Å². The summed E-state index contributed by atoms with van der Waals surface area (Å²) < 4.78 is 4.92. The molecular weight excluding hydrogens is 448 g/mol. The van der Waals surface area contributed by atoms with Crippen molar-refractivity contribution in [1.29, 1.82) is 0 Å². The first-order chi connectivity index (χ1) is 13.6. The van der Waals surface area contributed by atoms with Gasteiger partial charge in [0.1, 0.15) is 12.6 Å². The molecule has 0 heterocycles. The van der Waals surface area contributed by atoms with E-state index >= 15 is 0 Å². The van der Waals surface area contributed by atoms with Crippen molar-refractivity contribution < 1.29 is 33.8 Å². The Labute approximate surface area is 176 Å². The fourth-order valence-electron chi connectivity index (χ4n) is 2.30. The fraction of sp³-hybridized carbons (Fsp3) is 0.421. The number of alkyl halides is 1. The highest BCUT2D eigenvalue weighted by atomic mass is 79.9. The highest BCUT2D eigenvalue weighted by molar-refractivity contribution is 9.09. The molecule has 0 saturated carbocycles. The van der Waals surface area contributed by atoms with Gasteiger partial charge in [-0.05, 0) is 11.5 Å². The molecule has 2 atom stereocenters. The quantitative estimate of drug-likeness (QED) is 0.261. The number of carbonyl (C=O) groups is 5. The predicted molar refractivity (Wildman–Crippen MR) is 106 cm³/mol. The molecule has 1 unspecified atom stereocenters. The molecule has 1 aromatic rings. The number of carboxylic acids is 1. The zero-order chi connectivity index (χ0) is 22.0. The van der Waals surface area contributed by atoms with E-state index in [1.165, 1.54) is 0 Å². The van der Waals surface area contributed by atoms with Gasteiger partial charge in [0.05, 0.1) is 17.8 Å². The van der Waals surface area contributed by atoms with E-state index in [0.717, 1.165) is 0 Å². The average Bonchev–Trinajstić information content (AvgIpc) is 2.68. The molecule has 29 heavy (non-hydrogen) atoms. The number of benzene rings is 1. The Morgan fingerprint density at radius 1 is 1.07 bits per heavy atom. The predicted octanol–water partition coefficient (Wildman–Crippen LogP) is 0.794. The van der Waals surface area contributed by atoms with Crippen molar-refractivity contribution in [2.24, 2.45) is 5.92 Å². The minimum Gasteiger partial charge on any atom is -0.481 e. The van der Waals surface area contributed by atoms with Crippen LogP contribution in [0.3, 0.4) is 0 Å². The first-order valence-corrected chi connectivity index (χ1v) is 9.90. The van der Waals surface area contributed by atoms with Crippen LogP contribution in [-0.4, -0.2) is 52.1 Å².